The Morgan fingerprint density at radius 1 is 1.32 bits per heavy atom. The Kier molecular flexibility index (Phi) is 3.08. The first-order valence-electron chi connectivity index (χ1n) is 7.34. The molecule has 0 saturated heterocycles. The van der Waals surface area contributed by atoms with Gasteiger partial charge in [-0.15, -0.1) is 0 Å². The second-order valence-corrected chi connectivity index (χ2v) is 8.13. The zero-order chi connectivity index (χ0) is 15.3. The van der Waals surface area contributed by atoms with Crippen molar-refractivity contribution >= 4 is 10.0 Å². The average molecular weight is 323 g/mol. The van der Waals surface area contributed by atoms with Gasteiger partial charge in [-0.25, -0.2) is 8.42 Å². The average Bonchev–Trinajstić information content (AvgIpc) is 3.18. The molecule has 2 aromatic rings. The lowest BCUT2D eigenvalue weighted by molar-refractivity contribution is 0.306. The van der Waals surface area contributed by atoms with Crippen LogP contribution in [0.15, 0.2) is 16.8 Å². The lowest BCUT2D eigenvalue weighted by atomic mass is 10.1. The fourth-order valence-electron chi connectivity index (χ4n) is 2.82. The van der Waals surface area contributed by atoms with Crippen molar-refractivity contribution in [2.45, 2.75) is 44.0 Å². The summed E-state index contributed by atoms with van der Waals surface area (Å²) in [6.07, 6.45) is 3.20. The summed E-state index contributed by atoms with van der Waals surface area (Å²) < 4.78 is 33.9. The minimum Gasteiger partial charge on any atom is -0.339 e. The van der Waals surface area contributed by atoms with Gasteiger partial charge in [-0.2, -0.15) is 14.4 Å². The van der Waals surface area contributed by atoms with Crippen molar-refractivity contribution in [2.24, 2.45) is 0 Å². The van der Waals surface area contributed by atoms with E-state index in [4.69, 9.17) is 4.52 Å². The maximum atomic E-state index is 12.6. The number of rotatable bonds is 3. The van der Waals surface area contributed by atoms with E-state index in [1.165, 1.54) is 0 Å². The number of aromatic nitrogens is 4. The number of hydrogen-bond donors (Lipinski definition) is 0. The molecule has 8 nitrogen and oxygen atoms in total. The molecule has 0 radical (unpaired) electrons. The summed E-state index contributed by atoms with van der Waals surface area (Å²) >= 11 is 0. The lowest BCUT2D eigenvalue weighted by Crippen LogP contribution is -2.35. The summed E-state index contributed by atoms with van der Waals surface area (Å²) in [6.45, 7) is 2.99. The second kappa shape index (κ2) is 4.88. The molecule has 1 aliphatic carbocycles. The van der Waals surface area contributed by atoms with E-state index < -0.39 is 10.0 Å². The predicted molar refractivity (Wildman–Crippen MR) is 76.4 cm³/mol. The van der Waals surface area contributed by atoms with Gasteiger partial charge in [0.25, 0.3) is 0 Å². The number of hydrogen-bond acceptors (Lipinski definition) is 6. The van der Waals surface area contributed by atoms with Crippen LogP contribution in [0.2, 0.25) is 0 Å². The van der Waals surface area contributed by atoms with Crippen LogP contribution in [0.1, 0.15) is 36.2 Å². The molecule has 1 atom stereocenters. The summed E-state index contributed by atoms with van der Waals surface area (Å²) in [4.78, 5) is 4.27. The van der Waals surface area contributed by atoms with E-state index in [9.17, 15) is 8.42 Å². The van der Waals surface area contributed by atoms with E-state index in [-0.39, 0.29) is 11.2 Å². The molecule has 0 N–H and O–H groups in total. The maximum Gasteiger partial charge on any atom is 0.232 e. The Labute approximate surface area is 128 Å². The van der Waals surface area contributed by atoms with Crippen molar-refractivity contribution in [3.63, 3.8) is 0 Å². The zero-order valence-electron chi connectivity index (χ0n) is 12.2. The molecular formula is C13H17N5O3S. The summed E-state index contributed by atoms with van der Waals surface area (Å²) in [5.41, 5.74) is 0.892. The van der Waals surface area contributed by atoms with Gasteiger partial charge < -0.3 is 4.52 Å². The highest BCUT2D eigenvalue weighted by atomic mass is 32.2. The van der Waals surface area contributed by atoms with Crippen molar-refractivity contribution in [1.82, 2.24) is 24.2 Å². The first kappa shape index (κ1) is 13.9. The Bertz CT molecular complexity index is 792. The van der Waals surface area contributed by atoms with Crippen LogP contribution >= 0.6 is 0 Å². The van der Waals surface area contributed by atoms with E-state index in [0.29, 0.717) is 31.3 Å². The molecular weight excluding hydrogens is 306 g/mol. The van der Waals surface area contributed by atoms with E-state index >= 15 is 0 Å². The third kappa shape index (κ3) is 2.34. The Morgan fingerprint density at radius 3 is 2.82 bits per heavy atom. The molecule has 3 heterocycles. The van der Waals surface area contributed by atoms with Crippen LogP contribution in [0.25, 0.3) is 0 Å². The minimum atomic E-state index is -3.26. The van der Waals surface area contributed by atoms with Gasteiger partial charge in [0.15, 0.2) is 5.82 Å². The molecule has 0 spiro atoms. The van der Waals surface area contributed by atoms with Gasteiger partial charge in [0.1, 0.15) is 0 Å². The Balaban J connectivity index is 1.71. The summed E-state index contributed by atoms with van der Waals surface area (Å²) in [5, 5.41) is 7.87. The molecule has 0 amide bonds. The molecule has 9 heteroatoms. The minimum absolute atomic E-state index is 0.184. The number of sulfonamides is 1. The fraction of sp³-hybridized carbons (Fsp3) is 0.615. The fourth-order valence-corrected chi connectivity index (χ4v) is 4.68. The summed E-state index contributed by atoms with van der Waals surface area (Å²) in [6, 6.07) is 1.86. The molecule has 1 unspecified atom stereocenters. The molecule has 1 aliphatic heterocycles. The smallest absolute Gasteiger partial charge is 0.232 e. The maximum absolute atomic E-state index is 12.6. The van der Waals surface area contributed by atoms with Crippen molar-refractivity contribution in [2.75, 3.05) is 6.54 Å². The van der Waals surface area contributed by atoms with Gasteiger partial charge >= 0.3 is 0 Å². The molecule has 0 aromatic carbocycles. The van der Waals surface area contributed by atoms with Crippen LogP contribution in [-0.4, -0.2) is 44.4 Å². The summed E-state index contributed by atoms with van der Waals surface area (Å²) in [7, 11) is -3.26. The first-order valence-corrected chi connectivity index (χ1v) is 8.84. The standard InChI is InChI=1S/C13H17N5O3S/c1-9-15-13(21-16-9)10-6-17(22(19,20)12-2-3-12)8-11-4-5-14-18(11)7-10/h4-5,10,12H,2-3,6-8H2,1H3. The van der Waals surface area contributed by atoms with Crippen LogP contribution in [-0.2, 0) is 23.1 Å². The third-order valence-corrected chi connectivity index (χ3v) is 6.47. The SMILES string of the molecule is Cc1noc(C2CN(S(=O)(=O)C3CC3)Cc3ccnn3C2)n1. The van der Waals surface area contributed by atoms with Crippen LogP contribution in [0.4, 0.5) is 0 Å². The van der Waals surface area contributed by atoms with Gasteiger partial charge in [0.05, 0.1) is 30.0 Å². The number of nitrogens with zero attached hydrogens (tertiary/aromatic N) is 5. The third-order valence-electron chi connectivity index (χ3n) is 4.16. The van der Waals surface area contributed by atoms with Crippen LogP contribution in [0.5, 0.6) is 0 Å². The topological polar surface area (TPSA) is 94.1 Å². The molecule has 2 aliphatic rings. The van der Waals surface area contributed by atoms with Gasteiger partial charge in [0, 0.05) is 12.7 Å². The normalized spacial score (nSPS) is 23.2. The van der Waals surface area contributed by atoms with Crippen molar-refractivity contribution < 1.29 is 12.9 Å². The highest BCUT2D eigenvalue weighted by Gasteiger charge is 2.42. The van der Waals surface area contributed by atoms with E-state index in [0.717, 1.165) is 18.5 Å². The van der Waals surface area contributed by atoms with Gasteiger partial charge in [0.2, 0.25) is 15.9 Å². The highest BCUT2D eigenvalue weighted by molar-refractivity contribution is 7.90. The molecule has 1 fully saturated rings. The largest absolute Gasteiger partial charge is 0.339 e. The summed E-state index contributed by atoms with van der Waals surface area (Å²) in [5.74, 6) is 0.837. The van der Waals surface area contributed by atoms with Gasteiger partial charge in [-0.1, -0.05) is 5.16 Å². The van der Waals surface area contributed by atoms with Crippen molar-refractivity contribution in [1.29, 1.82) is 0 Å². The predicted octanol–water partition coefficient (Wildman–Crippen LogP) is 0.666. The molecule has 22 heavy (non-hydrogen) atoms. The second-order valence-electron chi connectivity index (χ2n) is 5.92. The number of aryl methyl sites for hydroxylation is 1. The molecule has 0 bridgehead atoms. The van der Waals surface area contributed by atoms with Crippen LogP contribution in [0.3, 0.4) is 0 Å². The van der Waals surface area contributed by atoms with Gasteiger partial charge in [-0.05, 0) is 25.8 Å². The molecule has 118 valence electrons. The zero-order valence-corrected chi connectivity index (χ0v) is 13.0. The Hall–Kier alpha value is -1.74. The first-order chi connectivity index (χ1) is 10.5. The highest BCUT2D eigenvalue weighted by Crippen LogP contribution is 2.34. The monoisotopic (exact) mass is 323 g/mol. The quantitative estimate of drug-likeness (QED) is 0.824. The van der Waals surface area contributed by atoms with E-state index in [1.807, 2.05) is 10.7 Å². The van der Waals surface area contributed by atoms with E-state index in [2.05, 4.69) is 15.2 Å². The Morgan fingerprint density at radius 2 is 2.14 bits per heavy atom. The van der Waals surface area contributed by atoms with Gasteiger partial charge in [-0.3, -0.25) is 4.68 Å². The molecule has 2 aromatic heterocycles. The van der Waals surface area contributed by atoms with Crippen molar-refractivity contribution in [3.05, 3.63) is 29.7 Å². The van der Waals surface area contributed by atoms with Crippen LogP contribution in [0, 0.1) is 6.92 Å². The van der Waals surface area contributed by atoms with Crippen molar-refractivity contribution in [3.8, 4) is 0 Å². The lowest BCUT2D eigenvalue weighted by Gasteiger charge is -2.21. The molecule has 4 rings (SSSR count). The number of fused-ring (bicyclic) bond motifs is 1. The molecule has 1 saturated carbocycles. The van der Waals surface area contributed by atoms with E-state index in [1.54, 1.807) is 17.4 Å². The van der Waals surface area contributed by atoms with Crippen LogP contribution < -0.4 is 0 Å².